The number of aliphatic hydroxyl groups excluding tert-OH is 1. The number of hydrogen-bond acceptors (Lipinski definition) is 2. The Bertz CT molecular complexity index is 372. The lowest BCUT2D eigenvalue weighted by Crippen LogP contribution is -2.11. The van der Waals surface area contributed by atoms with Crippen LogP contribution in [0.3, 0.4) is 0 Å². The minimum absolute atomic E-state index is 0.133. The van der Waals surface area contributed by atoms with Gasteiger partial charge in [0.05, 0.1) is 6.61 Å². The molecule has 0 amide bonds. The first-order chi connectivity index (χ1) is 5.54. The molecule has 0 saturated carbocycles. The standard InChI is InChI=1S/C7H9NO3S/c8-12(10,11)7-3-1-2-6(4-7)5-9/h1-4,9H,5H2,(H2,8,10,11)/p+1. The highest BCUT2D eigenvalue weighted by Gasteiger charge is 2.12. The molecule has 0 spiro atoms. The first-order valence-corrected chi connectivity index (χ1v) is 4.86. The molecule has 1 unspecified atom stereocenters. The van der Waals surface area contributed by atoms with Crippen molar-refractivity contribution < 1.29 is 13.5 Å². The Balaban J connectivity index is 3.20. The number of rotatable bonds is 2. The molecule has 0 radical (unpaired) electrons. The summed E-state index contributed by atoms with van der Waals surface area (Å²) in [5, 5.41) is 13.7. The third-order valence-electron chi connectivity index (χ3n) is 1.42. The largest absolute Gasteiger partial charge is 0.392 e. The fraction of sp³-hybridized carbons (Fsp3) is 0.143. The number of nitrogens with two attached hydrogens (primary N) is 1. The van der Waals surface area contributed by atoms with Crippen LogP contribution in [0.1, 0.15) is 5.56 Å². The molecule has 0 fully saturated rings. The Morgan fingerprint density at radius 2 is 2.25 bits per heavy atom. The van der Waals surface area contributed by atoms with Crippen LogP contribution in [0.15, 0.2) is 29.2 Å². The van der Waals surface area contributed by atoms with E-state index in [1.54, 1.807) is 12.1 Å². The van der Waals surface area contributed by atoms with Crippen LogP contribution in [-0.4, -0.2) is 13.5 Å². The molecule has 0 aliphatic rings. The van der Waals surface area contributed by atoms with Crippen LogP contribution in [0.5, 0.6) is 0 Å². The number of aliphatic hydroxyl groups is 1. The van der Waals surface area contributed by atoms with Gasteiger partial charge in [-0.1, -0.05) is 12.1 Å². The highest BCUT2D eigenvalue weighted by molar-refractivity contribution is 7.89. The van der Waals surface area contributed by atoms with Crippen molar-refractivity contribution in [1.29, 1.82) is 0 Å². The quantitative estimate of drug-likeness (QED) is 0.639. The summed E-state index contributed by atoms with van der Waals surface area (Å²) in [5.41, 5.74) is 0.569. The molecule has 4 N–H and O–H groups in total. The summed E-state index contributed by atoms with van der Waals surface area (Å²) in [6.45, 7) is -0.163. The highest BCUT2D eigenvalue weighted by Crippen LogP contribution is 2.09. The summed E-state index contributed by atoms with van der Waals surface area (Å²) in [7, 11) is -3.40. The second kappa shape index (κ2) is 3.22. The zero-order valence-electron chi connectivity index (χ0n) is 6.30. The van der Waals surface area contributed by atoms with Crippen LogP contribution in [-0.2, 0) is 16.6 Å². The fourth-order valence-electron chi connectivity index (χ4n) is 0.826. The molecular weight excluding hydrogens is 178 g/mol. The van der Waals surface area contributed by atoms with E-state index in [4.69, 9.17) is 14.5 Å². The van der Waals surface area contributed by atoms with Crippen molar-refractivity contribution in [2.45, 2.75) is 11.5 Å². The van der Waals surface area contributed by atoms with E-state index in [1.165, 1.54) is 12.1 Å². The molecule has 0 saturated heterocycles. The van der Waals surface area contributed by atoms with Crippen molar-refractivity contribution in [2.24, 2.45) is 5.14 Å². The van der Waals surface area contributed by atoms with Gasteiger partial charge < -0.3 is 5.11 Å². The van der Waals surface area contributed by atoms with Gasteiger partial charge in [-0.3, -0.25) is 0 Å². The predicted octanol–water partition coefficient (Wildman–Crippen LogP) is -0.0166. The molecule has 1 rings (SSSR count). The van der Waals surface area contributed by atoms with E-state index < -0.39 is 10.0 Å². The zero-order chi connectivity index (χ0) is 9.19. The minimum atomic E-state index is -3.40. The van der Waals surface area contributed by atoms with Crippen LogP contribution in [0.25, 0.3) is 0 Å². The molecule has 4 nitrogen and oxygen atoms in total. The molecule has 1 aromatic carbocycles. The van der Waals surface area contributed by atoms with Crippen molar-refractivity contribution in [1.82, 2.24) is 0 Å². The van der Waals surface area contributed by atoms with Crippen LogP contribution in [0.2, 0.25) is 0 Å². The van der Waals surface area contributed by atoms with Gasteiger partial charge in [0, 0.05) is 0 Å². The SMILES string of the molecule is NS(=O)(=[OH+])c1cccc(CO)c1. The molecule has 0 heterocycles. The zero-order valence-corrected chi connectivity index (χ0v) is 7.12. The third-order valence-corrected chi connectivity index (χ3v) is 2.35. The van der Waals surface area contributed by atoms with Gasteiger partial charge in [0.25, 0.3) is 0 Å². The lowest BCUT2D eigenvalue weighted by molar-refractivity contribution is 0.281. The van der Waals surface area contributed by atoms with Gasteiger partial charge in [0.15, 0.2) is 0 Å². The first kappa shape index (κ1) is 9.18. The van der Waals surface area contributed by atoms with Crippen LogP contribution in [0.4, 0.5) is 0 Å². The first-order valence-electron chi connectivity index (χ1n) is 3.28. The summed E-state index contributed by atoms with van der Waals surface area (Å²) in [4.78, 5) is 0.133. The van der Waals surface area contributed by atoms with Gasteiger partial charge in [0.2, 0.25) is 0 Å². The predicted molar refractivity (Wildman–Crippen MR) is 44.9 cm³/mol. The Kier molecular flexibility index (Phi) is 2.46. The van der Waals surface area contributed by atoms with E-state index >= 15 is 0 Å². The maximum absolute atomic E-state index is 10.9. The van der Waals surface area contributed by atoms with E-state index in [9.17, 15) is 4.21 Å². The van der Waals surface area contributed by atoms with E-state index in [0.29, 0.717) is 5.56 Å². The summed E-state index contributed by atoms with van der Waals surface area (Å²) in [6, 6.07) is 6.07. The second-order valence-corrected chi connectivity index (χ2v) is 3.98. The fourth-order valence-corrected chi connectivity index (χ4v) is 1.42. The van der Waals surface area contributed by atoms with Gasteiger partial charge in [-0.25, -0.2) is 4.21 Å². The maximum Gasteiger partial charge on any atom is 0.370 e. The van der Waals surface area contributed by atoms with Crippen LogP contribution < -0.4 is 5.14 Å². The van der Waals surface area contributed by atoms with Crippen LogP contribution >= 0.6 is 0 Å². The summed E-state index contributed by atoms with van der Waals surface area (Å²) in [5.74, 6) is 0. The average molecular weight is 188 g/mol. The number of hydrogen-bond donors (Lipinski definition) is 2. The Hall–Kier alpha value is -0.910. The Morgan fingerprint density at radius 3 is 2.75 bits per heavy atom. The molecule has 1 atom stereocenters. The maximum atomic E-state index is 10.9. The second-order valence-electron chi connectivity index (χ2n) is 2.37. The Morgan fingerprint density at radius 1 is 1.58 bits per heavy atom. The third kappa shape index (κ3) is 2.04. The summed E-state index contributed by atoms with van der Waals surface area (Å²) >= 11 is 0. The van der Waals surface area contributed by atoms with E-state index in [2.05, 4.69) is 0 Å². The molecular formula is C7H10NO3S+. The number of benzene rings is 1. The lowest BCUT2D eigenvalue weighted by atomic mass is 10.2. The monoisotopic (exact) mass is 188 g/mol. The van der Waals surface area contributed by atoms with Gasteiger partial charge in [-0.15, -0.1) is 0 Å². The lowest BCUT2D eigenvalue weighted by Gasteiger charge is -1.96. The van der Waals surface area contributed by atoms with E-state index in [1.807, 2.05) is 0 Å². The van der Waals surface area contributed by atoms with Crippen molar-refractivity contribution in [2.75, 3.05) is 0 Å². The molecule has 0 aromatic heterocycles. The van der Waals surface area contributed by atoms with E-state index in [-0.39, 0.29) is 11.5 Å². The summed E-state index contributed by atoms with van der Waals surface area (Å²) in [6.07, 6.45) is 0. The molecule has 0 bridgehead atoms. The highest BCUT2D eigenvalue weighted by atomic mass is 32.2. The molecule has 66 valence electrons. The topological polar surface area (TPSA) is 84.7 Å². The Labute approximate surface area is 70.7 Å². The van der Waals surface area contributed by atoms with Crippen molar-refractivity contribution in [3.8, 4) is 0 Å². The van der Waals surface area contributed by atoms with Gasteiger partial charge in [-0.2, -0.15) is 9.35 Å². The average Bonchev–Trinajstić information content (AvgIpc) is 2.03. The van der Waals surface area contributed by atoms with E-state index in [0.717, 1.165) is 0 Å². The van der Waals surface area contributed by atoms with Gasteiger partial charge >= 0.3 is 10.0 Å². The van der Waals surface area contributed by atoms with Crippen LogP contribution in [0, 0.1) is 0 Å². The molecule has 0 aliphatic heterocycles. The summed E-state index contributed by atoms with van der Waals surface area (Å²) < 4.78 is 19.8. The normalized spacial score (nSPS) is 15.5. The minimum Gasteiger partial charge on any atom is -0.392 e. The smallest absolute Gasteiger partial charge is 0.370 e. The molecule has 0 aliphatic carbocycles. The van der Waals surface area contributed by atoms with Crippen molar-refractivity contribution in [3.63, 3.8) is 0 Å². The molecule has 12 heavy (non-hydrogen) atoms. The van der Waals surface area contributed by atoms with Crippen molar-refractivity contribution >= 4 is 10.0 Å². The van der Waals surface area contributed by atoms with Crippen molar-refractivity contribution in [3.05, 3.63) is 29.8 Å². The van der Waals surface area contributed by atoms with Gasteiger partial charge in [0.1, 0.15) is 4.90 Å². The van der Waals surface area contributed by atoms with Gasteiger partial charge in [-0.05, 0) is 17.7 Å². The molecule has 5 heteroatoms. The molecule has 1 aromatic rings.